The summed E-state index contributed by atoms with van der Waals surface area (Å²) in [6.45, 7) is 8.66. The molecule has 1 saturated carbocycles. The van der Waals surface area contributed by atoms with E-state index in [4.69, 9.17) is 10.5 Å². The molecule has 21 heavy (non-hydrogen) atoms. The van der Waals surface area contributed by atoms with Gasteiger partial charge >= 0.3 is 0 Å². The van der Waals surface area contributed by atoms with E-state index >= 15 is 0 Å². The molecule has 0 spiro atoms. The quantitative estimate of drug-likeness (QED) is 0.941. The van der Waals surface area contributed by atoms with Crippen LogP contribution < -0.4 is 10.5 Å². The largest absolute Gasteiger partial charge is 0.489 e. The summed E-state index contributed by atoms with van der Waals surface area (Å²) in [5.41, 5.74) is 7.19. The fourth-order valence-electron chi connectivity index (χ4n) is 3.61. The predicted molar refractivity (Wildman–Crippen MR) is 81.3 cm³/mol. The van der Waals surface area contributed by atoms with Crippen LogP contribution in [-0.2, 0) is 0 Å². The maximum absolute atomic E-state index is 6.27. The Kier molecular flexibility index (Phi) is 3.06. The van der Waals surface area contributed by atoms with Gasteiger partial charge in [-0.05, 0) is 24.3 Å². The average Bonchev–Trinajstić information content (AvgIpc) is 2.98. The SMILES string of the molecule is CC1(C)C(N)C(C)(C)C1Oc1ccc(-n2cncn2)cc1. The van der Waals surface area contributed by atoms with E-state index in [-0.39, 0.29) is 23.0 Å². The minimum absolute atomic E-state index is 0.0198. The maximum atomic E-state index is 6.27. The molecule has 0 unspecified atom stereocenters. The second-order valence-corrected chi connectivity index (χ2v) is 6.95. The lowest BCUT2D eigenvalue weighted by molar-refractivity contribution is -0.155. The molecular weight excluding hydrogens is 264 g/mol. The normalized spacial score (nSPS) is 26.1. The van der Waals surface area contributed by atoms with E-state index < -0.39 is 0 Å². The molecule has 0 radical (unpaired) electrons. The monoisotopic (exact) mass is 286 g/mol. The van der Waals surface area contributed by atoms with Gasteiger partial charge in [0.25, 0.3) is 0 Å². The molecule has 5 heteroatoms. The molecule has 0 bridgehead atoms. The highest BCUT2D eigenvalue weighted by Crippen LogP contribution is 2.54. The van der Waals surface area contributed by atoms with Crippen molar-refractivity contribution in [2.75, 3.05) is 0 Å². The van der Waals surface area contributed by atoms with Crippen molar-refractivity contribution < 1.29 is 4.74 Å². The van der Waals surface area contributed by atoms with Gasteiger partial charge in [-0.3, -0.25) is 0 Å². The van der Waals surface area contributed by atoms with Crippen molar-refractivity contribution in [1.82, 2.24) is 14.8 Å². The first kappa shape index (κ1) is 14.1. The smallest absolute Gasteiger partial charge is 0.138 e. The van der Waals surface area contributed by atoms with Crippen LogP contribution >= 0.6 is 0 Å². The molecule has 112 valence electrons. The van der Waals surface area contributed by atoms with Crippen molar-refractivity contribution in [3.05, 3.63) is 36.9 Å². The number of hydrogen-bond donors (Lipinski definition) is 1. The Hall–Kier alpha value is -1.88. The molecule has 1 aromatic heterocycles. The van der Waals surface area contributed by atoms with E-state index in [1.54, 1.807) is 11.0 Å². The molecule has 2 N–H and O–H groups in total. The highest BCUT2D eigenvalue weighted by atomic mass is 16.5. The third kappa shape index (κ3) is 2.12. The van der Waals surface area contributed by atoms with Crippen LogP contribution in [0.1, 0.15) is 27.7 Å². The molecule has 0 amide bonds. The summed E-state index contributed by atoms with van der Waals surface area (Å²) in [4.78, 5) is 3.94. The van der Waals surface area contributed by atoms with Crippen LogP contribution in [0.3, 0.4) is 0 Å². The Balaban J connectivity index is 1.77. The van der Waals surface area contributed by atoms with Gasteiger partial charge in [0.2, 0.25) is 0 Å². The minimum Gasteiger partial charge on any atom is -0.489 e. The first-order valence-electron chi connectivity index (χ1n) is 7.21. The van der Waals surface area contributed by atoms with E-state index in [0.717, 1.165) is 11.4 Å². The molecule has 3 rings (SSSR count). The van der Waals surface area contributed by atoms with Gasteiger partial charge in [0.1, 0.15) is 24.5 Å². The highest BCUT2D eigenvalue weighted by molar-refractivity contribution is 5.37. The Morgan fingerprint density at radius 3 is 2.24 bits per heavy atom. The maximum Gasteiger partial charge on any atom is 0.138 e. The molecule has 5 nitrogen and oxygen atoms in total. The van der Waals surface area contributed by atoms with Crippen LogP contribution in [0.4, 0.5) is 0 Å². The highest BCUT2D eigenvalue weighted by Gasteiger charge is 2.61. The summed E-state index contributed by atoms with van der Waals surface area (Å²) in [5, 5.41) is 4.11. The molecule has 1 heterocycles. The third-order valence-electron chi connectivity index (χ3n) is 4.73. The van der Waals surface area contributed by atoms with Crippen molar-refractivity contribution in [1.29, 1.82) is 0 Å². The van der Waals surface area contributed by atoms with Crippen LogP contribution in [0.15, 0.2) is 36.9 Å². The standard InChI is InChI=1S/C16H22N4O/c1-15(2)13(17)16(3,4)14(15)21-12-7-5-11(6-8-12)20-10-18-9-19-20/h5-10,13-14H,17H2,1-4H3. The lowest BCUT2D eigenvalue weighted by Gasteiger charge is -2.61. The molecule has 1 aliphatic carbocycles. The Labute approximate surface area is 125 Å². The van der Waals surface area contributed by atoms with Crippen molar-refractivity contribution in [3.63, 3.8) is 0 Å². The molecule has 0 aliphatic heterocycles. The second kappa shape index (κ2) is 4.56. The molecular formula is C16H22N4O. The number of ether oxygens (including phenoxy) is 1. The summed E-state index contributed by atoms with van der Waals surface area (Å²) in [6.07, 6.45) is 3.30. The minimum atomic E-state index is -0.0198. The zero-order valence-corrected chi connectivity index (χ0v) is 12.9. The molecule has 1 fully saturated rings. The van der Waals surface area contributed by atoms with Crippen molar-refractivity contribution >= 4 is 0 Å². The van der Waals surface area contributed by atoms with Gasteiger partial charge < -0.3 is 10.5 Å². The van der Waals surface area contributed by atoms with Crippen LogP contribution in [0.2, 0.25) is 0 Å². The predicted octanol–water partition coefficient (Wildman–Crippen LogP) is 2.41. The van der Waals surface area contributed by atoms with Crippen molar-refractivity contribution in [2.45, 2.75) is 39.8 Å². The second-order valence-electron chi connectivity index (χ2n) is 6.95. The van der Waals surface area contributed by atoms with Gasteiger partial charge in [-0.1, -0.05) is 27.7 Å². The first-order valence-corrected chi connectivity index (χ1v) is 7.21. The lowest BCUT2D eigenvalue weighted by Crippen LogP contribution is -2.72. The first-order chi connectivity index (χ1) is 9.83. The van der Waals surface area contributed by atoms with Crippen molar-refractivity contribution in [3.8, 4) is 11.4 Å². The molecule has 1 aromatic carbocycles. The number of nitrogens with two attached hydrogens (primary N) is 1. The fourth-order valence-corrected chi connectivity index (χ4v) is 3.61. The number of benzene rings is 1. The summed E-state index contributed by atoms with van der Waals surface area (Å²) in [5.74, 6) is 0.858. The van der Waals surface area contributed by atoms with Crippen LogP contribution in [-0.4, -0.2) is 26.9 Å². The van der Waals surface area contributed by atoms with E-state index in [9.17, 15) is 0 Å². The van der Waals surface area contributed by atoms with Gasteiger partial charge in [0.15, 0.2) is 0 Å². The van der Waals surface area contributed by atoms with Gasteiger partial charge in [-0.15, -0.1) is 0 Å². The summed E-state index contributed by atoms with van der Waals surface area (Å²) in [6, 6.07) is 8.02. The molecule has 1 aliphatic rings. The number of rotatable bonds is 3. The van der Waals surface area contributed by atoms with E-state index in [1.807, 2.05) is 24.3 Å². The number of aromatic nitrogens is 3. The fraction of sp³-hybridized carbons (Fsp3) is 0.500. The number of hydrogen-bond acceptors (Lipinski definition) is 4. The van der Waals surface area contributed by atoms with Crippen molar-refractivity contribution in [2.24, 2.45) is 16.6 Å². The topological polar surface area (TPSA) is 66.0 Å². The number of nitrogens with zero attached hydrogens (tertiary/aromatic N) is 3. The molecule has 2 aromatic rings. The Morgan fingerprint density at radius 1 is 1.10 bits per heavy atom. The average molecular weight is 286 g/mol. The Morgan fingerprint density at radius 2 is 1.71 bits per heavy atom. The van der Waals surface area contributed by atoms with E-state index in [2.05, 4.69) is 37.8 Å². The lowest BCUT2D eigenvalue weighted by atomic mass is 9.50. The van der Waals surface area contributed by atoms with Crippen LogP contribution in [0.5, 0.6) is 5.75 Å². The van der Waals surface area contributed by atoms with Crippen LogP contribution in [0.25, 0.3) is 5.69 Å². The Bertz CT molecular complexity index is 600. The third-order valence-corrected chi connectivity index (χ3v) is 4.73. The van der Waals surface area contributed by atoms with Crippen LogP contribution in [0, 0.1) is 10.8 Å². The van der Waals surface area contributed by atoms with E-state index in [0.29, 0.717) is 0 Å². The zero-order chi connectivity index (χ0) is 15.3. The molecule has 0 saturated heterocycles. The summed E-state index contributed by atoms with van der Waals surface area (Å²) >= 11 is 0. The van der Waals surface area contributed by atoms with Gasteiger partial charge in [0, 0.05) is 16.9 Å². The van der Waals surface area contributed by atoms with Gasteiger partial charge in [-0.25, -0.2) is 9.67 Å². The van der Waals surface area contributed by atoms with Gasteiger partial charge in [-0.2, -0.15) is 5.10 Å². The molecule has 0 atom stereocenters. The van der Waals surface area contributed by atoms with Gasteiger partial charge in [0.05, 0.1) is 5.69 Å². The summed E-state index contributed by atoms with van der Waals surface area (Å²) < 4.78 is 7.92. The van der Waals surface area contributed by atoms with E-state index in [1.165, 1.54) is 6.33 Å². The summed E-state index contributed by atoms with van der Waals surface area (Å²) in [7, 11) is 0. The zero-order valence-electron chi connectivity index (χ0n) is 12.9.